The first-order valence-corrected chi connectivity index (χ1v) is 5.05. The highest BCUT2D eigenvalue weighted by Crippen LogP contribution is 2.28. The first-order valence-electron chi connectivity index (χ1n) is 4.24. The quantitative estimate of drug-likeness (QED) is 0.768. The van der Waals surface area contributed by atoms with Gasteiger partial charge in [-0.2, -0.15) is 4.39 Å². The molecule has 74 valence electrons. The van der Waals surface area contributed by atoms with E-state index in [1.54, 1.807) is 6.07 Å². The first kappa shape index (κ1) is 11.0. The molecule has 1 nitrogen and oxygen atoms in total. The summed E-state index contributed by atoms with van der Waals surface area (Å²) in [6, 6.07) is 2.24. The number of rotatable bonds is 1. The van der Waals surface area contributed by atoms with Gasteiger partial charge < -0.3 is 5.32 Å². The Hall–Kier alpha value is -0.120. The molecular weight excluding hydrogens is 209 g/mol. The van der Waals surface area contributed by atoms with Crippen molar-refractivity contribution in [2.75, 3.05) is 7.05 Å². The molecule has 0 saturated heterocycles. The SMILES string of the molecule is CNC1CCc2cc(F)sc2C1.Cl. The summed E-state index contributed by atoms with van der Waals surface area (Å²) in [6.45, 7) is 0. The van der Waals surface area contributed by atoms with Crippen molar-refractivity contribution in [2.24, 2.45) is 0 Å². The predicted molar refractivity (Wildman–Crippen MR) is 56.4 cm³/mol. The molecule has 1 aliphatic rings. The molecule has 0 amide bonds. The van der Waals surface area contributed by atoms with Crippen LogP contribution in [0.5, 0.6) is 0 Å². The summed E-state index contributed by atoms with van der Waals surface area (Å²) >= 11 is 1.30. The van der Waals surface area contributed by atoms with Crippen LogP contribution in [-0.2, 0) is 12.8 Å². The van der Waals surface area contributed by atoms with Gasteiger partial charge in [-0.25, -0.2) is 0 Å². The summed E-state index contributed by atoms with van der Waals surface area (Å²) < 4.78 is 12.8. The minimum Gasteiger partial charge on any atom is -0.317 e. The average molecular weight is 222 g/mol. The smallest absolute Gasteiger partial charge is 0.176 e. The van der Waals surface area contributed by atoms with Gasteiger partial charge in [0.15, 0.2) is 5.13 Å². The van der Waals surface area contributed by atoms with Crippen molar-refractivity contribution >= 4 is 23.7 Å². The Morgan fingerprint density at radius 1 is 1.62 bits per heavy atom. The van der Waals surface area contributed by atoms with E-state index in [1.807, 2.05) is 7.05 Å². The molecule has 1 aromatic heterocycles. The second kappa shape index (κ2) is 4.40. The lowest BCUT2D eigenvalue weighted by Crippen LogP contribution is -2.30. The van der Waals surface area contributed by atoms with Crippen LogP contribution in [0.3, 0.4) is 0 Å². The molecule has 1 atom stereocenters. The molecule has 0 radical (unpaired) electrons. The topological polar surface area (TPSA) is 12.0 Å². The highest BCUT2D eigenvalue weighted by molar-refractivity contribution is 7.10. The van der Waals surface area contributed by atoms with Gasteiger partial charge in [0.05, 0.1) is 0 Å². The van der Waals surface area contributed by atoms with Gasteiger partial charge in [0, 0.05) is 10.9 Å². The monoisotopic (exact) mass is 221 g/mol. The number of halogens is 2. The van der Waals surface area contributed by atoms with Crippen LogP contribution in [0.2, 0.25) is 0 Å². The van der Waals surface area contributed by atoms with E-state index in [-0.39, 0.29) is 17.5 Å². The lowest BCUT2D eigenvalue weighted by atomic mass is 9.95. The molecule has 0 aliphatic heterocycles. The maximum absolute atomic E-state index is 12.8. The maximum atomic E-state index is 12.8. The third-order valence-corrected chi connectivity index (χ3v) is 3.46. The molecule has 1 N–H and O–H groups in total. The minimum absolute atomic E-state index is 0. The van der Waals surface area contributed by atoms with Gasteiger partial charge in [-0.1, -0.05) is 0 Å². The van der Waals surface area contributed by atoms with Crippen molar-refractivity contribution in [3.8, 4) is 0 Å². The van der Waals surface area contributed by atoms with E-state index in [2.05, 4.69) is 5.32 Å². The zero-order valence-corrected chi connectivity index (χ0v) is 9.10. The second-order valence-electron chi connectivity index (χ2n) is 3.23. The number of aryl methyl sites for hydroxylation is 1. The van der Waals surface area contributed by atoms with Crippen LogP contribution in [0.1, 0.15) is 16.9 Å². The van der Waals surface area contributed by atoms with Gasteiger partial charge in [0.1, 0.15) is 0 Å². The van der Waals surface area contributed by atoms with Gasteiger partial charge in [-0.3, -0.25) is 0 Å². The Balaban J connectivity index is 0.000000845. The summed E-state index contributed by atoms with van der Waals surface area (Å²) in [5.74, 6) is 0. The molecule has 1 aliphatic carbocycles. The molecule has 0 aromatic carbocycles. The first-order chi connectivity index (χ1) is 5.79. The fraction of sp³-hybridized carbons (Fsp3) is 0.556. The number of hydrogen-bond acceptors (Lipinski definition) is 2. The van der Waals surface area contributed by atoms with Crippen molar-refractivity contribution in [1.82, 2.24) is 5.32 Å². The van der Waals surface area contributed by atoms with Gasteiger partial charge in [-0.15, -0.1) is 23.7 Å². The van der Waals surface area contributed by atoms with Crippen LogP contribution in [-0.4, -0.2) is 13.1 Å². The average Bonchev–Trinajstić information content (AvgIpc) is 2.43. The van der Waals surface area contributed by atoms with E-state index in [0.29, 0.717) is 6.04 Å². The molecule has 1 aromatic rings. The lowest BCUT2D eigenvalue weighted by Gasteiger charge is -2.20. The maximum Gasteiger partial charge on any atom is 0.176 e. The largest absolute Gasteiger partial charge is 0.317 e. The van der Waals surface area contributed by atoms with Crippen LogP contribution in [0, 0.1) is 5.13 Å². The molecule has 4 heteroatoms. The van der Waals surface area contributed by atoms with Crippen molar-refractivity contribution in [2.45, 2.75) is 25.3 Å². The number of likely N-dealkylation sites (N-methyl/N-ethyl adjacent to an activating group) is 1. The zero-order chi connectivity index (χ0) is 8.55. The van der Waals surface area contributed by atoms with Gasteiger partial charge in [0.25, 0.3) is 0 Å². The van der Waals surface area contributed by atoms with Crippen LogP contribution in [0.15, 0.2) is 6.07 Å². The number of hydrogen-bond donors (Lipinski definition) is 1. The van der Waals surface area contributed by atoms with E-state index in [1.165, 1.54) is 21.8 Å². The Morgan fingerprint density at radius 2 is 2.38 bits per heavy atom. The van der Waals surface area contributed by atoms with Crippen molar-refractivity contribution in [1.29, 1.82) is 0 Å². The number of fused-ring (bicyclic) bond motifs is 1. The van der Waals surface area contributed by atoms with Crippen LogP contribution >= 0.6 is 23.7 Å². The molecule has 2 rings (SSSR count). The van der Waals surface area contributed by atoms with Crippen LogP contribution < -0.4 is 5.32 Å². The van der Waals surface area contributed by atoms with E-state index >= 15 is 0 Å². The van der Waals surface area contributed by atoms with Crippen LogP contribution in [0.25, 0.3) is 0 Å². The van der Waals surface area contributed by atoms with Crippen molar-refractivity contribution < 1.29 is 4.39 Å². The molecule has 0 fully saturated rings. The van der Waals surface area contributed by atoms with Gasteiger partial charge >= 0.3 is 0 Å². The molecule has 0 spiro atoms. The Kier molecular flexibility index (Phi) is 3.71. The molecule has 13 heavy (non-hydrogen) atoms. The third kappa shape index (κ3) is 2.22. The standard InChI is InChI=1S/C9H12FNS.ClH/c1-11-7-3-2-6-4-9(10)12-8(6)5-7;/h4,7,11H,2-3,5H2,1H3;1H. The molecule has 1 heterocycles. The summed E-state index contributed by atoms with van der Waals surface area (Å²) in [5, 5.41) is 3.21. The fourth-order valence-corrected chi connectivity index (χ4v) is 2.73. The van der Waals surface area contributed by atoms with Gasteiger partial charge in [-0.05, 0) is 37.9 Å². The summed E-state index contributed by atoms with van der Waals surface area (Å²) in [6.07, 6.45) is 3.17. The molecular formula is C9H13ClFNS. The van der Waals surface area contributed by atoms with Crippen molar-refractivity contribution in [3.05, 3.63) is 21.6 Å². The lowest BCUT2D eigenvalue weighted by molar-refractivity contribution is 0.501. The van der Waals surface area contributed by atoms with E-state index < -0.39 is 0 Å². The van der Waals surface area contributed by atoms with E-state index in [0.717, 1.165) is 19.3 Å². The summed E-state index contributed by atoms with van der Waals surface area (Å²) in [5.41, 5.74) is 1.23. The zero-order valence-electron chi connectivity index (χ0n) is 7.47. The van der Waals surface area contributed by atoms with Crippen LogP contribution in [0.4, 0.5) is 4.39 Å². The minimum atomic E-state index is -0.0308. The number of thiophene rings is 1. The predicted octanol–water partition coefficient (Wildman–Crippen LogP) is 2.39. The second-order valence-corrected chi connectivity index (χ2v) is 4.31. The Morgan fingerprint density at radius 3 is 3.08 bits per heavy atom. The highest BCUT2D eigenvalue weighted by Gasteiger charge is 2.19. The fourth-order valence-electron chi connectivity index (χ4n) is 1.72. The highest BCUT2D eigenvalue weighted by atomic mass is 35.5. The molecule has 1 unspecified atom stereocenters. The summed E-state index contributed by atoms with van der Waals surface area (Å²) in [4.78, 5) is 1.23. The van der Waals surface area contributed by atoms with E-state index in [9.17, 15) is 4.39 Å². The van der Waals surface area contributed by atoms with E-state index in [4.69, 9.17) is 0 Å². The molecule has 0 bridgehead atoms. The van der Waals surface area contributed by atoms with Crippen molar-refractivity contribution in [3.63, 3.8) is 0 Å². The summed E-state index contributed by atoms with van der Waals surface area (Å²) in [7, 11) is 1.97. The normalized spacial score (nSPS) is 20.6. The third-order valence-electron chi connectivity index (χ3n) is 2.47. The Bertz CT molecular complexity index is 287. The number of nitrogens with one attached hydrogen (secondary N) is 1. The molecule has 0 saturated carbocycles. The van der Waals surface area contributed by atoms with Gasteiger partial charge in [0.2, 0.25) is 0 Å². The Labute approximate surface area is 87.8 Å².